The number of amides is 2. The van der Waals surface area contributed by atoms with Crippen LogP contribution in [0.5, 0.6) is 0 Å². The molecule has 0 saturated heterocycles. The predicted octanol–water partition coefficient (Wildman–Crippen LogP) is 2.80. The van der Waals surface area contributed by atoms with Gasteiger partial charge in [-0.05, 0) is 43.4 Å². The van der Waals surface area contributed by atoms with E-state index in [1.165, 1.54) is 0 Å². The molecule has 2 aliphatic rings. The standard InChI is InChI=1S/C19H24N2O4/c1-12-9-15(12)18(25)20-14-6-4-5-13(10-14)17(24)21-19(11-16(22)23)7-2-3-8-19/h4-6,10,12,15H,2-3,7-9,11H2,1H3,(H,20,25)(H,21,24)(H,22,23). The zero-order chi connectivity index (χ0) is 18.0. The minimum absolute atomic E-state index is 0.0109. The van der Waals surface area contributed by atoms with Crippen molar-refractivity contribution >= 4 is 23.5 Å². The van der Waals surface area contributed by atoms with Gasteiger partial charge in [-0.1, -0.05) is 25.8 Å². The van der Waals surface area contributed by atoms with Gasteiger partial charge in [-0.25, -0.2) is 0 Å². The Morgan fingerprint density at radius 3 is 2.52 bits per heavy atom. The highest BCUT2D eigenvalue weighted by Gasteiger charge is 2.39. The first-order valence-electron chi connectivity index (χ1n) is 8.84. The van der Waals surface area contributed by atoms with E-state index in [-0.39, 0.29) is 24.2 Å². The van der Waals surface area contributed by atoms with E-state index in [0.717, 1.165) is 19.3 Å². The number of benzene rings is 1. The molecule has 134 valence electrons. The van der Waals surface area contributed by atoms with Crippen LogP contribution in [0.25, 0.3) is 0 Å². The predicted molar refractivity (Wildman–Crippen MR) is 93.3 cm³/mol. The van der Waals surface area contributed by atoms with Crippen LogP contribution in [0.4, 0.5) is 5.69 Å². The van der Waals surface area contributed by atoms with Crippen LogP contribution in [0.3, 0.4) is 0 Å². The number of carbonyl (C=O) groups is 3. The Bertz CT molecular complexity index is 694. The molecule has 0 aliphatic heterocycles. The van der Waals surface area contributed by atoms with Crippen molar-refractivity contribution in [3.8, 4) is 0 Å². The van der Waals surface area contributed by atoms with Crippen LogP contribution < -0.4 is 10.6 Å². The topological polar surface area (TPSA) is 95.5 Å². The van der Waals surface area contributed by atoms with Crippen molar-refractivity contribution in [2.24, 2.45) is 11.8 Å². The molecule has 2 amide bonds. The Kier molecular flexibility index (Phi) is 4.79. The average Bonchev–Trinajstić information content (AvgIpc) is 3.12. The summed E-state index contributed by atoms with van der Waals surface area (Å²) >= 11 is 0. The van der Waals surface area contributed by atoms with Crippen molar-refractivity contribution in [1.29, 1.82) is 0 Å². The molecule has 0 bridgehead atoms. The second kappa shape index (κ2) is 6.86. The maximum absolute atomic E-state index is 12.6. The summed E-state index contributed by atoms with van der Waals surface area (Å²) in [4.78, 5) is 35.8. The second-order valence-electron chi connectivity index (χ2n) is 7.40. The van der Waals surface area contributed by atoms with Crippen molar-refractivity contribution in [2.45, 2.75) is 51.0 Å². The van der Waals surface area contributed by atoms with E-state index in [1.807, 2.05) is 6.92 Å². The van der Waals surface area contributed by atoms with E-state index < -0.39 is 11.5 Å². The van der Waals surface area contributed by atoms with Gasteiger partial charge in [-0.2, -0.15) is 0 Å². The smallest absolute Gasteiger partial charge is 0.305 e. The van der Waals surface area contributed by atoms with E-state index in [1.54, 1.807) is 24.3 Å². The third-order valence-corrected chi connectivity index (χ3v) is 5.27. The molecule has 2 saturated carbocycles. The molecule has 0 radical (unpaired) electrons. The molecule has 2 fully saturated rings. The number of rotatable bonds is 6. The molecular formula is C19H24N2O4. The number of aliphatic carboxylic acids is 1. The minimum Gasteiger partial charge on any atom is -0.481 e. The lowest BCUT2D eigenvalue weighted by atomic mass is 9.92. The molecule has 2 aliphatic carbocycles. The minimum atomic E-state index is -0.901. The molecule has 0 heterocycles. The van der Waals surface area contributed by atoms with Gasteiger partial charge in [0.1, 0.15) is 0 Å². The number of carboxylic acids is 1. The van der Waals surface area contributed by atoms with Crippen molar-refractivity contribution < 1.29 is 19.5 Å². The highest BCUT2D eigenvalue weighted by molar-refractivity contribution is 5.98. The maximum atomic E-state index is 12.6. The van der Waals surface area contributed by atoms with E-state index in [2.05, 4.69) is 10.6 Å². The van der Waals surface area contributed by atoms with Crippen molar-refractivity contribution in [3.63, 3.8) is 0 Å². The third kappa shape index (κ3) is 4.18. The van der Waals surface area contributed by atoms with E-state index >= 15 is 0 Å². The number of hydrogen-bond acceptors (Lipinski definition) is 3. The average molecular weight is 344 g/mol. The van der Waals surface area contributed by atoms with Gasteiger partial charge in [0, 0.05) is 17.2 Å². The van der Waals surface area contributed by atoms with Crippen molar-refractivity contribution in [2.75, 3.05) is 5.32 Å². The lowest BCUT2D eigenvalue weighted by Gasteiger charge is -2.28. The van der Waals surface area contributed by atoms with Crippen LogP contribution >= 0.6 is 0 Å². The number of hydrogen-bond donors (Lipinski definition) is 3. The monoisotopic (exact) mass is 344 g/mol. The summed E-state index contributed by atoms with van der Waals surface area (Å²) in [5.74, 6) is -0.719. The molecule has 3 N–H and O–H groups in total. The first-order chi connectivity index (χ1) is 11.9. The van der Waals surface area contributed by atoms with Crippen molar-refractivity contribution in [3.05, 3.63) is 29.8 Å². The Morgan fingerprint density at radius 1 is 1.24 bits per heavy atom. The van der Waals surface area contributed by atoms with Crippen molar-refractivity contribution in [1.82, 2.24) is 5.32 Å². The summed E-state index contributed by atoms with van der Waals surface area (Å²) in [6.07, 6.45) is 4.05. The van der Waals surface area contributed by atoms with Gasteiger partial charge in [-0.15, -0.1) is 0 Å². The molecule has 2 unspecified atom stereocenters. The van der Waals surface area contributed by atoms with Crippen LogP contribution in [0.2, 0.25) is 0 Å². The number of carboxylic acid groups (broad SMARTS) is 1. The van der Waals surface area contributed by atoms with Crippen LogP contribution in [0.15, 0.2) is 24.3 Å². The Hall–Kier alpha value is -2.37. The zero-order valence-corrected chi connectivity index (χ0v) is 14.4. The summed E-state index contributed by atoms with van der Waals surface area (Å²) in [6, 6.07) is 6.79. The van der Waals surface area contributed by atoms with Crippen LogP contribution in [0, 0.1) is 11.8 Å². The van der Waals surface area contributed by atoms with E-state index in [4.69, 9.17) is 5.11 Å². The van der Waals surface area contributed by atoms with Gasteiger partial charge in [0.15, 0.2) is 0 Å². The quantitative estimate of drug-likeness (QED) is 0.739. The van der Waals surface area contributed by atoms with E-state index in [0.29, 0.717) is 30.0 Å². The largest absolute Gasteiger partial charge is 0.481 e. The van der Waals surface area contributed by atoms with E-state index in [9.17, 15) is 14.4 Å². The Balaban J connectivity index is 1.68. The van der Waals surface area contributed by atoms with Gasteiger partial charge in [-0.3, -0.25) is 14.4 Å². The molecule has 6 heteroatoms. The molecular weight excluding hydrogens is 320 g/mol. The van der Waals surface area contributed by atoms with Crippen LogP contribution in [-0.2, 0) is 9.59 Å². The third-order valence-electron chi connectivity index (χ3n) is 5.27. The second-order valence-corrected chi connectivity index (χ2v) is 7.40. The van der Waals surface area contributed by atoms with Gasteiger partial charge in [0.25, 0.3) is 5.91 Å². The maximum Gasteiger partial charge on any atom is 0.305 e. The molecule has 2 atom stereocenters. The Labute approximate surface area is 147 Å². The number of nitrogens with one attached hydrogen (secondary N) is 2. The highest BCUT2D eigenvalue weighted by atomic mass is 16.4. The van der Waals surface area contributed by atoms with Crippen LogP contribution in [0.1, 0.15) is 55.8 Å². The van der Waals surface area contributed by atoms with Gasteiger partial charge < -0.3 is 15.7 Å². The summed E-state index contributed by atoms with van der Waals surface area (Å²) < 4.78 is 0. The molecule has 1 aromatic carbocycles. The lowest BCUT2D eigenvalue weighted by molar-refractivity contribution is -0.138. The summed E-state index contributed by atoms with van der Waals surface area (Å²) in [5.41, 5.74) is 0.361. The highest BCUT2D eigenvalue weighted by Crippen LogP contribution is 2.38. The molecule has 3 rings (SSSR count). The SMILES string of the molecule is CC1CC1C(=O)Nc1cccc(C(=O)NC2(CC(=O)O)CCCC2)c1. The first kappa shape index (κ1) is 17.5. The van der Waals surface area contributed by atoms with Gasteiger partial charge in [0.05, 0.1) is 12.0 Å². The summed E-state index contributed by atoms with van der Waals surface area (Å²) in [6.45, 7) is 2.04. The van der Waals surface area contributed by atoms with Crippen LogP contribution in [-0.4, -0.2) is 28.4 Å². The molecule has 1 aromatic rings. The summed E-state index contributed by atoms with van der Waals surface area (Å²) in [5, 5.41) is 14.9. The normalized spacial score (nSPS) is 23.7. The number of anilines is 1. The fourth-order valence-electron chi connectivity index (χ4n) is 3.66. The fourth-order valence-corrected chi connectivity index (χ4v) is 3.66. The Morgan fingerprint density at radius 2 is 1.92 bits per heavy atom. The molecule has 0 aromatic heterocycles. The first-order valence-corrected chi connectivity index (χ1v) is 8.84. The molecule has 0 spiro atoms. The fraction of sp³-hybridized carbons (Fsp3) is 0.526. The molecule has 25 heavy (non-hydrogen) atoms. The summed E-state index contributed by atoms with van der Waals surface area (Å²) in [7, 11) is 0. The lowest BCUT2D eigenvalue weighted by Crippen LogP contribution is -2.47. The van der Waals surface area contributed by atoms with Gasteiger partial charge in [0.2, 0.25) is 5.91 Å². The zero-order valence-electron chi connectivity index (χ0n) is 14.4. The number of carbonyl (C=O) groups excluding carboxylic acids is 2. The molecule has 6 nitrogen and oxygen atoms in total. The van der Waals surface area contributed by atoms with Gasteiger partial charge >= 0.3 is 5.97 Å².